The third-order valence-electron chi connectivity index (χ3n) is 4.22. The van der Waals surface area contributed by atoms with Gasteiger partial charge in [-0.15, -0.1) is 0 Å². The molecule has 0 atom stereocenters. The highest BCUT2D eigenvalue weighted by molar-refractivity contribution is 5.80. The Kier molecular flexibility index (Phi) is 7.07. The van der Waals surface area contributed by atoms with Gasteiger partial charge in [-0.1, -0.05) is 36.4 Å². The van der Waals surface area contributed by atoms with Crippen molar-refractivity contribution in [3.05, 3.63) is 90.2 Å². The average molecular weight is 377 g/mol. The largest absolute Gasteiger partial charge is 0.469 e. The fourth-order valence-electron chi connectivity index (χ4n) is 2.77. The van der Waals surface area contributed by atoms with E-state index < -0.39 is 0 Å². The Balaban J connectivity index is 1.64. The first kappa shape index (κ1) is 19.5. The summed E-state index contributed by atoms with van der Waals surface area (Å²) in [7, 11) is 0. The molecule has 28 heavy (non-hydrogen) atoms. The van der Waals surface area contributed by atoms with Crippen molar-refractivity contribution in [2.45, 2.75) is 26.4 Å². The predicted molar refractivity (Wildman–Crippen MR) is 112 cm³/mol. The van der Waals surface area contributed by atoms with Gasteiger partial charge in [-0.3, -0.25) is 4.68 Å². The number of benzene rings is 1. The molecule has 0 saturated carbocycles. The molecule has 2 N–H and O–H groups in total. The molecule has 3 rings (SSSR count). The minimum atomic E-state index is 0.587. The summed E-state index contributed by atoms with van der Waals surface area (Å²) in [6.45, 7) is 8.69. The molecular weight excluding hydrogens is 350 g/mol. The molecule has 1 aromatic carbocycles. The van der Waals surface area contributed by atoms with Crippen molar-refractivity contribution in [3.63, 3.8) is 0 Å². The van der Waals surface area contributed by atoms with Crippen molar-refractivity contribution in [2.24, 2.45) is 4.99 Å². The highest BCUT2D eigenvalue weighted by Crippen LogP contribution is 2.11. The van der Waals surface area contributed by atoms with Gasteiger partial charge in [0.05, 0.1) is 19.4 Å². The summed E-state index contributed by atoms with van der Waals surface area (Å²) in [6.07, 6.45) is 6.26. The third kappa shape index (κ3) is 6.16. The van der Waals surface area contributed by atoms with E-state index in [-0.39, 0.29) is 0 Å². The molecular formula is C22H27N5O. The highest BCUT2D eigenvalue weighted by Gasteiger charge is 2.05. The van der Waals surface area contributed by atoms with Crippen molar-refractivity contribution in [2.75, 3.05) is 13.1 Å². The lowest BCUT2D eigenvalue weighted by Crippen LogP contribution is -2.39. The molecule has 0 bridgehead atoms. The van der Waals surface area contributed by atoms with E-state index in [2.05, 4.69) is 34.4 Å². The van der Waals surface area contributed by atoms with E-state index >= 15 is 0 Å². The van der Waals surface area contributed by atoms with Crippen LogP contribution in [0, 0.1) is 0 Å². The number of furan rings is 1. The molecule has 0 fully saturated rings. The molecule has 0 aliphatic carbocycles. The van der Waals surface area contributed by atoms with E-state index in [4.69, 9.17) is 9.41 Å². The molecule has 0 unspecified atom stereocenters. The van der Waals surface area contributed by atoms with Gasteiger partial charge in [-0.05, 0) is 36.2 Å². The van der Waals surface area contributed by atoms with Crippen molar-refractivity contribution in [1.82, 2.24) is 20.4 Å². The Morgan fingerprint density at radius 2 is 2.00 bits per heavy atom. The molecule has 3 aromatic rings. The van der Waals surface area contributed by atoms with Gasteiger partial charge in [0.2, 0.25) is 0 Å². The van der Waals surface area contributed by atoms with Gasteiger partial charge >= 0.3 is 0 Å². The van der Waals surface area contributed by atoms with Crippen LogP contribution < -0.4 is 10.6 Å². The maximum atomic E-state index is 5.39. The molecule has 146 valence electrons. The van der Waals surface area contributed by atoms with Crippen molar-refractivity contribution in [3.8, 4) is 0 Å². The molecule has 0 aliphatic heterocycles. The summed E-state index contributed by atoms with van der Waals surface area (Å²) in [5, 5.41) is 11.0. The van der Waals surface area contributed by atoms with Crippen LogP contribution >= 0.6 is 0 Å². The van der Waals surface area contributed by atoms with Crippen LogP contribution in [0.1, 0.15) is 23.8 Å². The van der Waals surface area contributed by atoms with Crippen LogP contribution in [0.25, 0.3) is 0 Å². The quantitative estimate of drug-likeness (QED) is 0.341. The van der Waals surface area contributed by atoms with Crippen molar-refractivity contribution in [1.29, 1.82) is 0 Å². The summed E-state index contributed by atoms with van der Waals surface area (Å²) in [6, 6.07) is 14.1. The number of hydrogen-bond donors (Lipinski definition) is 2. The first-order valence-electron chi connectivity index (χ1n) is 9.44. The lowest BCUT2D eigenvalue weighted by atomic mass is 10.1. The molecule has 0 aliphatic rings. The van der Waals surface area contributed by atoms with Crippen LogP contribution in [0.15, 0.2) is 82.7 Å². The first-order valence-corrected chi connectivity index (χ1v) is 9.44. The van der Waals surface area contributed by atoms with Gasteiger partial charge < -0.3 is 15.1 Å². The van der Waals surface area contributed by atoms with Gasteiger partial charge in [0, 0.05) is 31.9 Å². The second-order valence-corrected chi connectivity index (χ2v) is 6.70. The molecule has 6 heteroatoms. The third-order valence-corrected chi connectivity index (χ3v) is 4.22. The number of guanidine groups is 1. The summed E-state index contributed by atoms with van der Waals surface area (Å²) in [5.41, 5.74) is 3.45. The standard InChI is InChI=1S/C22H27N5O/c1-18(2)15-24-22(23-12-10-21-9-5-14-28-21)25-16-19-7-3-4-8-20(19)17-27-13-6-11-26-27/h3-9,11,13-14H,1,10,12,15-17H2,2H3,(H2,23,24,25). The molecule has 6 nitrogen and oxygen atoms in total. The summed E-state index contributed by atoms with van der Waals surface area (Å²) in [4.78, 5) is 4.77. The zero-order valence-corrected chi connectivity index (χ0v) is 16.3. The lowest BCUT2D eigenvalue weighted by molar-refractivity contribution is 0.507. The monoisotopic (exact) mass is 377 g/mol. The Morgan fingerprint density at radius 3 is 2.71 bits per heavy atom. The number of aliphatic imine (C=N–C) groups is 1. The lowest BCUT2D eigenvalue weighted by Gasteiger charge is -2.13. The second-order valence-electron chi connectivity index (χ2n) is 6.70. The fourth-order valence-corrected chi connectivity index (χ4v) is 2.77. The Bertz CT molecular complexity index is 882. The number of aromatic nitrogens is 2. The van der Waals surface area contributed by atoms with Gasteiger partial charge in [-0.25, -0.2) is 4.99 Å². The summed E-state index contributed by atoms with van der Waals surface area (Å²) < 4.78 is 7.31. The van der Waals surface area contributed by atoms with Crippen LogP contribution in [0.2, 0.25) is 0 Å². The normalized spacial score (nSPS) is 11.4. The van der Waals surface area contributed by atoms with Gasteiger partial charge in [0.15, 0.2) is 5.96 Å². The predicted octanol–water partition coefficient (Wildman–Crippen LogP) is 3.38. The first-order chi connectivity index (χ1) is 13.7. The van der Waals surface area contributed by atoms with E-state index in [1.54, 1.807) is 12.5 Å². The minimum Gasteiger partial charge on any atom is -0.469 e. The zero-order chi connectivity index (χ0) is 19.6. The Labute approximate surface area is 166 Å². The smallest absolute Gasteiger partial charge is 0.191 e. The van der Waals surface area contributed by atoms with Crippen LogP contribution in [-0.2, 0) is 19.5 Å². The maximum absolute atomic E-state index is 5.39. The van der Waals surface area contributed by atoms with Gasteiger partial charge in [-0.2, -0.15) is 5.10 Å². The van der Waals surface area contributed by atoms with Gasteiger partial charge in [0.25, 0.3) is 0 Å². The Morgan fingerprint density at radius 1 is 1.14 bits per heavy atom. The molecule has 0 amide bonds. The maximum Gasteiger partial charge on any atom is 0.191 e. The number of hydrogen-bond acceptors (Lipinski definition) is 3. The highest BCUT2D eigenvalue weighted by atomic mass is 16.3. The molecule has 0 radical (unpaired) electrons. The minimum absolute atomic E-state index is 0.587. The van der Waals surface area contributed by atoms with Crippen LogP contribution in [0.3, 0.4) is 0 Å². The van der Waals surface area contributed by atoms with E-state index in [1.807, 2.05) is 48.1 Å². The molecule has 2 heterocycles. The van der Waals surface area contributed by atoms with Crippen molar-refractivity contribution >= 4 is 5.96 Å². The number of nitrogens with zero attached hydrogens (tertiary/aromatic N) is 3. The van der Waals surface area contributed by atoms with E-state index in [0.29, 0.717) is 13.1 Å². The fraction of sp³-hybridized carbons (Fsp3) is 0.273. The van der Waals surface area contributed by atoms with Crippen LogP contribution in [0.4, 0.5) is 0 Å². The number of nitrogens with one attached hydrogen (secondary N) is 2. The Hall–Kier alpha value is -3.28. The number of rotatable bonds is 9. The van der Waals surface area contributed by atoms with Crippen LogP contribution in [0.5, 0.6) is 0 Å². The zero-order valence-electron chi connectivity index (χ0n) is 16.3. The van der Waals surface area contributed by atoms with E-state index in [9.17, 15) is 0 Å². The average Bonchev–Trinajstić information content (AvgIpc) is 3.38. The molecule has 0 saturated heterocycles. The molecule has 0 spiro atoms. The van der Waals surface area contributed by atoms with Crippen LogP contribution in [-0.4, -0.2) is 28.8 Å². The van der Waals surface area contributed by atoms with Gasteiger partial charge in [0.1, 0.15) is 5.76 Å². The second kappa shape index (κ2) is 10.2. The SMILES string of the molecule is C=C(C)CNC(=NCc1ccccc1Cn1cccn1)NCCc1ccco1. The topological polar surface area (TPSA) is 67.4 Å². The molecule has 2 aromatic heterocycles. The van der Waals surface area contributed by atoms with E-state index in [1.165, 1.54) is 11.1 Å². The summed E-state index contributed by atoms with van der Waals surface area (Å²) >= 11 is 0. The summed E-state index contributed by atoms with van der Waals surface area (Å²) in [5.74, 6) is 1.72. The van der Waals surface area contributed by atoms with Crippen molar-refractivity contribution < 1.29 is 4.42 Å². The van der Waals surface area contributed by atoms with E-state index in [0.717, 1.165) is 36.8 Å².